The topological polar surface area (TPSA) is 47.4 Å². The Bertz CT molecular complexity index is 1370. The number of likely N-dealkylation sites (tertiary alicyclic amines) is 1. The molecule has 5 nitrogen and oxygen atoms in total. The number of hydrogen-bond acceptors (Lipinski definition) is 3. The molecule has 6 heteroatoms. The van der Waals surface area contributed by atoms with Crippen molar-refractivity contribution >= 4 is 32.9 Å². The third-order valence-corrected chi connectivity index (χ3v) is 7.89. The summed E-state index contributed by atoms with van der Waals surface area (Å²) in [4.78, 5) is 19.7. The van der Waals surface area contributed by atoms with Gasteiger partial charge in [0.1, 0.15) is 11.6 Å². The maximum Gasteiger partial charge on any atom is 0.225 e. The number of benzene rings is 3. The Morgan fingerprint density at radius 3 is 2.34 bits per heavy atom. The van der Waals surface area contributed by atoms with Crippen LogP contribution in [-0.2, 0) is 11.3 Å². The Kier molecular flexibility index (Phi) is 5.85. The van der Waals surface area contributed by atoms with Crippen LogP contribution in [0.2, 0.25) is 0 Å². The molecule has 1 saturated carbocycles. The molecule has 1 aromatic heterocycles. The van der Waals surface area contributed by atoms with Crippen molar-refractivity contribution in [1.29, 1.82) is 0 Å². The van der Waals surface area contributed by atoms with Crippen molar-refractivity contribution in [1.82, 2.24) is 14.5 Å². The Morgan fingerprint density at radius 2 is 1.66 bits per heavy atom. The van der Waals surface area contributed by atoms with Gasteiger partial charge in [0.15, 0.2) is 0 Å². The molecule has 0 bridgehead atoms. The zero-order chi connectivity index (χ0) is 23.9. The van der Waals surface area contributed by atoms with Gasteiger partial charge in [-0.05, 0) is 76.5 Å². The van der Waals surface area contributed by atoms with Crippen LogP contribution in [0.3, 0.4) is 0 Å². The van der Waals surface area contributed by atoms with Crippen molar-refractivity contribution in [3.05, 3.63) is 71.2 Å². The molecule has 1 aliphatic carbocycles. The van der Waals surface area contributed by atoms with Gasteiger partial charge >= 0.3 is 0 Å². The first-order valence-electron chi connectivity index (χ1n) is 12.3. The van der Waals surface area contributed by atoms with Gasteiger partial charge in [0.2, 0.25) is 5.91 Å². The van der Waals surface area contributed by atoms with E-state index in [4.69, 9.17) is 9.72 Å². The molecule has 1 aliphatic heterocycles. The summed E-state index contributed by atoms with van der Waals surface area (Å²) in [5, 5.41) is 0. The van der Waals surface area contributed by atoms with Gasteiger partial charge in [0, 0.05) is 35.6 Å². The van der Waals surface area contributed by atoms with E-state index < -0.39 is 0 Å². The molecule has 0 N–H and O–H groups in total. The fourth-order valence-corrected chi connectivity index (χ4v) is 5.73. The summed E-state index contributed by atoms with van der Waals surface area (Å²) in [6.07, 6.45) is 3.17. The first-order chi connectivity index (χ1) is 17.1. The molecular formula is C29H28BrN3O2. The highest BCUT2D eigenvalue weighted by Crippen LogP contribution is 2.35. The highest BCUT2D eigenvalue weighted by molar-refractivity contribution is 9.10. The van der Waals surface area contributed by atoms with Crippen LogP contribution in [0.1, 0.15) is 19.3 Å². The summed E-state index contributed by atoms with van der Waals surface area (Å²) in [7, 11) is 1.68. The Hall–Kier alpha value is -3.12. The molecule has 1 amide bonds. The normalized spacial score (nSPS) is 17.8. The van der Waals surface area contributed by atoms with E-state index in [-0.39, 0.29) is 5.92 Å². The van der Waals surface area contributed by atoms with Gasteiger partial charge in [-0.15, -0.1) is 0 Å². The lowest BCUT2D eigenvalue weighted by atomic mass is 10.0. The van der Waals surface area contributed by atoms with Crippen molar-refractivity contribution in [2.24, 2.45) is 11.8 Å². The van der Waals surface area contributed by atoms with Crippen LogP contribution < -0.4 is 4.74 Å². The average Bonchev–Trinajstić information content (AvgIpc) is 3.53. The monoisotopic (exact) mass is 529 g/mol. The number of nitrogens with zero attached hydrogens (tertiary/aromatic N) is 3. The molecule has 0 unspecified atom stereocenters. The number of para-hydroxylation sites is 1. The standard InChI is InChI=1S/C29H28BrN3O2/c1-35-24-13-11-21(12-14-24)20-5-7-22(8-6-20)28-31-26-4-2-3-25(30)27(26)33(28)18-19-15-16-32(17-19)29(34)23-9-10-23/h2-8,11-14,19,23H,9-10,15-18H2,1H3/t19-/m0/s1. The third kappa shape index (κ3) is 4.36. The van der Waals surface area contributed by atoms with Crippen LogP contribution in [0.15, 0.2) is 71.2 Å². The van der Waals surface area contributed by atoms with Gasteiger partial charge < -0.3 is 14.2 Å². The number of rotatable bonds is 6. The summed E-state index contributed by atoms with van der Waals surface area (Å²) in [5.41, 5.74) is 5.51. The first-order valence-corrected chi connectivity index (χ1v) is 13.1. The molecule has 2 heterocycles. The summed E-state index contributed by atoms with van der Waals surface area (Å²) in [5.74, 6) is 2.91. The van der Waals surface area contributed by atoms with Crippen LogP contribution in [0.5, 0.6) is 5.75 Å². The molecule has 178 valence electrons. The maximum absolute atomic E-state index is 12.6. The fraction of sp³-hybridized carbons (Fsp3) is 0.310. The van der Waals surface area contributed by atoms with Gasteiger partial charge in [-0.1, -0.05) is 42.5 Å². The van der Waals surface area contributed by atoms with Crippen molar-refractivity contribution in [2.45, 2.75) is 25.8 Å². The molecule has 6 rings (SSSR count). The molecule has 35 heavy (non-hydrogen) atoms. The number of halogens is 1. The minimum absolute atomic E-state index is 0.289. The Balaban J connectivity index is 1.31. The van der Waals surface area contributed by atoms with Gasteiger partial charge in [-0.25, -0.2) is 4.98 Å². The number of aromatic nitrogens is 2. The van der Waals surface area contributed by atoms with Gasteiger partial charge in [-0.3, -0.25) is 4.79 Å². The quantitative estimate of drug-likeness (QED) is 0.290. The summed E-state index contributed by atoms with van der Waals surface area (Å²) in [6.45, 7) is 2.57. The predicted octanol–water partition coefficient (Wildman–Crippen LogP) is 6.40. The van der Waals surface area contributed by atoms with E-state index in [9.17, 15) is 4.79 Å². The van der Waals surface area contributed by atoms with E-state index in [1.54, 1.807) is 7.11 Å². The lowest BCUT2D eigenvalue weighted by Crippen LogP contribution is -2.30. The van der Waals surface area contributed by atoms with E-state index in [0.29, 0.717) is 11.8 Å². The molecular weight excluding hydrogens is 502 g/mol. The number of carbonyl (C=O) groups is 1. The maximum atomic E-state index is 12.6. The van der Waals surface area contributed by atoms with Crippen LogP contribution in [0, 0.1) is 11.8 Å². The number of methoxy groups -OCH3 is 1. The average molecular weight is 530 g/mol. The number of fused-ring (bicyclic) bond motifs is 1. The van der Waals surface area contributed by atoms with Crippen LogP contribution >= 0.6 is 15.9 Å². The van der Waals surface area contributed by atoms with Crippen LogP contribution in [0.4, 0.5) is 0 Å². The van der Waals surface area contributed by atoms with E-state index in [1.165, 1.54) is 0 Å². The lowest BCUT2D eigenvalue weighted by molar-refractivity contribution is -0.131. The van der Waals surface area contributed by atoms with E-state index in [0.717, 1.165) is 82.7 Å². The molecule has 4 aromatic rings. The Morgan fingerprint density at radius 1 is 0.971 bits per heavy atom. The number of imidazole rings is 1. The van der Waals surface area contributed by atoms with Crippen molar-refractivity contribution < 1.29 is 9.53 Å². The molecule has 2 aliphatic rings. The van der Waals surface area contributed by atoms with Gasteiger partial charge in [-0.2, -0.15) is 0 Å². The van der Waals surface area contributed by atoms with Gasteiger partial charge in [0.25, 0.3) is 0 Å². The smallest absolute Gasteiger partial charge is 0.225 e. The van der Waals surface area contributed by atoms with Crippen molar-refractivity contribution in [3.63, 3.8) is 0 Å². The molecule has 3 aromatic carbocycles. The minimum Gasteiger partial charge on any atom is -0.497 e. The van der Waals surface area contributed by atoms with E-state index in [1.807, 2.05) is 18.2 Å². The highest BCUT2D eigenvalue weighted by Gasteiger charge is 2.36. The second-order valence-corrected chi connectivity index (χ2v) is 10.5. The van der Waals surface area contributed by atoms with Crippen LogP contribution in [-0.4, -0.2) is 40.6 Å². The number of hydrogen-bond donors (Lipinski definition) is 0. The van der Waals surface area contributed by atoms with Crippen LogP contribution in [0.25, 0.3) is 33.5 Å². The SMILES string of the molecule is COc1ccc(-c2ccc(-c3nc4cccc(Br)c4n3C[C@H]3CCN(C(=O)C4CC4)C3)cc2)cc1. The Labute approximate surface area is 213 Å². The molecule has 0 spiro atoms. The molecule has 1 atom stereocenters. The zero-order valence-corrected chi connectivity index (χ0v) is 21.4. The fourth-order valence-electron chi connectivity index (χ4n) is 5.16. The summed E-state index contributed by atoms with van der Waals surface area (Å²) < 4.78 is 8.68. The first kappa shape index (κ1) is 22.4. The molecule has 0 radical (unpaired) electrons. The summed E-state index contributed by atoms with van der Waals surface area (Å²) >= 11 is 3.76. The minimum atomic E-state index is 0.289. The highest BCUT2D eigenvalue weighted by atomic mass is 79.9. The third-order valence-electron chi connectivity index (χ3n) is 7.25. The predicted molar refractivity (Wildman–Crippen MR) is 142 cm³/mol. The largest absolute Gasteiger partial charge is 0.497 e. The van der Waals surface area contributed by atoms with Gasteiger partial charge in [0.05, 0.1) is 18.1 Å². The zero-order valence-electron chi connectivity index (χ0n) is 19.8. The van der Waals surface area contributed by atoms with Crippen molar-refractivity contribution in [3.8, 4) is 28.3 Å². The lowest BCUT2D eigenvalue weighted by Gasteiger charge is -2.18. The molecule has 1 saturated heterocycles. The second-order valence-electron chi connectivity index (χ2n) is 9.67. The number of ether oxygens (including phenoxy) is 1. The van der Waals surface area contributed by atoms with Crippen molar-refractivity contribution in [2.75, 3.05) is 20.2 Å². The molecule has 2 fully saturated rings. The van der Waals surface area contributed by atoms with E-state index >= 15 is 0 Å². The second kappa shape index (κ2) is 9.15. The summed E-state index contributed by atoms with van der Waals surface area (Å²) in [6, 6.07) is 22.9. The number of amides is 1. The van der Waals surface area contributed by atoms with E-state index in [2.05, 4.69) is 73.9 Å². The number of carbonyl (C=O) groups excluding carboxylic acids is 1.